The molecule has 0 saturated carbocycles. The maximum atomic E-state index is 14.0. The van der Waals surface area contributed by atoms with E-state index in [0.29, 0.717) is 16.5 Å². The van der Waals surface area contributed by atoms with E-state index >= 15 is 0 Å². The van der Waals surface area contributed by atoms with Crippen molar-refractivity contribution < 1.29 is 28.9 Å². The molecule has 282 valence electrons. The molecule has 0 aliphatic carbocycles. The fraction of sp³-hybridized carbons (Fsp3) is 0.171. The van der Waals surface area contributed by atoms with E-state index in [1.54, 1.807) is 29.7 Å². The van der Waals surface area contributed by atoms with Crippen molar-refractivity contribution in [3.63, 3.8) is 0 Å². The average molecular weight is 803 g/mol. The molecule has 6 aromatic rings. The summed E-state index contributed by atoms with van der Waals surface area (Å²) in [5.41, 5.74) is 3.56. The Morgan fingerprint density at radius 3 is 2.23 bits per heavy atom. The van der Waals surface area contributed by atoms with Crippen LogP contribution < -0.4 is 15.2 Å². The first-order valence-electron chi connectivity index (χ1n) is 17.7. The molecule has 15 heteroatoms. The molecule has 3 aromatic heterocycles. The van der Waals surface area contributed by atoms with Crippen molar-refractivity contribution >= 4 is 74.0 Å². The summed E-state index contributed by atoms with van der Waals surface area (Å²) in [6.07, 6.45) is 7.54. The molecule has 5 heterocycles. The van der Waals surface area contributed by atoms with Crippen molar-refractivity contribution in [3.05, 3.63) is 160 Å². The number of rotatable bonds is 13. The number of anilines is 1. The lowest BCUT2D eigenvalue weighted by Crippen LogP contribution is -2.71. The first kappa shape index (κ1) is 36.9. The summed E-state index contributed by atoms with van der Waals surface area (Å²) in [6, 6.07) is 29.3. The van der Waals surface area contributed by atoms with Gasteiger partial charge in [0.2, 0.25) is 11.2 Å². The molecule has 0 bridgehead atoms. The number of carboxylic acids is 1. The van der Waals surface area contributed by atoms with Gasteiger partial charge in [-0.2, -0.15) is 4.40 Å². The van der Waals surface area contributed by atoms with E-state index < -0.39 is 34.7 Å². The van der Waals surface area contributed by atoms with Crippen molar-refractivity contribution in [1.29, 1.82) is 0 Å². The van der Waals surface area contributed by atoms with Gasteiger partial charge in [0.1, 0.15) is 46.8 Å². The van der Waals surface area contributed by atoms with Gasteiger partial charge in [-0.25, -0.2) is 14.3 Å². The predicted octanol–water partition coefficient (Wildman–Crippen LogP) is 5.88. The number of imidazole rings is 1. The lowest BCUT2D eigenvalue weighted by atomic mass is 9.77. The van der Waals surface area contributed by atoms with E-state index in [9.17, 15) is 19.5 Å². The van der Waals surface area contributed by atoms with Crippen LogP contribution in [0.4, 0.5) is 5.13 Å². The van der Waals surface area contributed by atoms with Crippen LogP contribution in [0.1, 0.15) is 35.0 Å². The van der Waals surface area contributed by atoms with Crippen LogP contribution in [0.25, 0.3) is 10.9 Å². The molecular weight excluding hydrogens is 767 g/mol. The fourth-order valence-corrected chi connectivity index (χ4v) is 9.96. The van der Waals surface area contributed by atoms with E-state index in [4.69, 9.17) is 9.82 Å². The number of aliphatic carboxylic acids is 1. The molecule has 2 amide bonds. The first-order valence-corrected chi connectivity index (χ1v) is 20.5. The molecule has 3 aromatic carbocycles. The highest BCUT2D eigenvalue weighted by Gasteiger charge is 2.54. The number of benzene rings is 3. The molecule has 1 fully saturated rings. The molecular formula is C41H36N7O5S3+. The SMILES string of the molecule is CCO/N=C(\C(=O)N[C@@H]1C(=O)N2C(C(=O)O)=C(C=Cc3csc4c[n+](C)cn34)CS[C@H]12)c1csc(NC(c2ccccc2)(c2ccccc2)c2ccccc2)n1. The zero-order valence-electron chi connectivity index (χ0n) is 30.2. The summed E-state index contributed by atoms with van der Waals surface area (Å²) in [5, 5.41) is 24.5. The molecule has 2 aliphatic rings. The number of amides is 2. The molecule has 2 aliphatic heterocycles. The van der Waals surface area contributed by atoms with Crippen molar-refractivity contribution in [2.24, 2.45) is 12.2 Å². The Morgan fingerprint density at radius 2 is 1.62 bits per heavy atom. The number of carboxylic acid groups (broad SMARTS) is 1. The highest BCUT2D eigenvalue weighted by atomic mass is 32.2. The molecule has 12 nitrogen and oxygen atoms in total. The number of aromatic nitrogens is 3. The molecule has 56 heavy (non-hydrogen) atoms. The van der Waals surface area contributed by atoms with Crippen LogP contribution >= 0.6 is 34.4 Å². The predicted molar refractivity (Wildman–Crippen MR) is 218 cm³/mol. The normalized spacial score (nSPS) is 17.2. The summed E-state index contributed by atoms with van der Waals surface area (Å²) >= 11 is 4.27. The number of hydrogen-bond acceptors (Lipinski definition) is 10. The monoisotopic (exact) mass is 802 g/mol. The Bertz CT molecular complexity index is 2410. The Kier molecular flexibility index (Phi) is 10.3. The van der Waals surface area contributed by atoms with Gasteiger partial charge in [-0.3, -0.25) is 14.5 Å². The van der Waals surface area contributed by atoms with Gasteiger partial charge in [-0.15, -0.1) is 23.1 Å². The maximum absolute atomic E-state index is 14.0. The van der Waals surface area contributed by atoms with E-state index in [0.717, 1.165) is 27.2 Å². The fourth-order valence-electron chi connectivity index (χ4n) is 6.97. The van der Waals surface area contributed by atoms with Crippen LogP contribution in [0, 0.1) is 0 Å². The van der Waals surface area contributed by atoms with E-state index in [-0.39, 0.29) is 23.7 Å². The Labute approximate surface area is 334 Å². The van der Waals surface area contributed by atoms with Gasteiger partial charge < -0.3 is 20.6 Å². The number of carbonyl (C=O) groups excluding carboxylic acids is 2. The summed E-state index contributed by atoms with van der Waals surface area (Å²) < 4.78 is 3.96. The highest BCUT2D eigenvalue weighted by molar-refractivity contribution is 8.00. The molecule has 2 atom stereocenters. The number of thioether (sulfide) groups is 1. The zero-order chi connectivity index (χ0) is 38.8. The Balaban J connectivity index is 1.05. The van der Waals surface area contributed by atoms with E-state index in [2.05, 4.69) is 52.2 Å². The second kappa shape index (κ2) is 15.6. The number of oxime groups is 1. The topological polar surface area (TPSA) is 142 Å². The maximum Gasteiger partial charge on any atom is 0.352 e. The quantitative estimate of drug-likeness (QED) is 0.0433. The van der Waals surface area contributed by atoms with Crippen LogP contribution in [0.5, 0.6) is 0 Å². The van der Waals surface area contributed by atoms with Gasteiger partial charge >= 0.3 is 5.97 Å². The number of thiazole rings is 2. The summed E-state index contributed by atoms with van der Waals surface area (Å²) in [6.45, 7) is 1.95. The van der Waals surface area contributed by atoms with Crippen LogP contribution in [0.2, 0.25) is 0 Å². The molecule has 1 saturated heterocycles. The van der Waals surface area contributed by atoms with Crippen LogP contribution in [-0.4, -0.2) is 66.7 Å². The minimum Gasteiger partial charge on any atom is -0.477 e. The van der Waals surface area contributed by atoms with Gasteiger partial charge in [-0.05, 0) is 35.3 Å². The van der Waals surface area contributed by atoms with Gasteiger partial charge in [0, 0.05) is 16.5 Å². The molecule has 3 N–H and O–H groups in total. The molecule has 8 rings (SSSR count). The number of nitrogens with one attached hydrogen (secondary N) is 2. The van der Waals surface area contributed by atoms with Gasteiger partial charge in [0.05, 0.1) is 7.05 Å². The minimum absolute atomic E-state index is 0.0952. The van der Waals surface area contributed by atoms with Gasteiger partial charge in [0.15, 0.2) is 10.8 Å². The smallest absolute Gasteiger partial charge is 0.352 e. The number of fused-ring (bicyclic) bond motifs is 2. The number of nitrogens with zero attached hydrogens (tertiary/aromatic N) is 5. The molecule has 0 unspecified atom stereocenters. The second-order valence-electron chi connectivity index (χ2n) is 13.0. The first-order chi connectivity index (χ1) is 27.3. The van der Waals surface area contributed by atoms with Crippen molar-refractivity contribution in [2.45, 2.75) is 23.9 Å². The van der Waals surface area contributed by atoms with E-state index in [1.807, 2.05) is 94.6 Å². The van der Waals surface area contributed by atoms with Crippen molar-refractivity contribution in [3.8, 4) is 0 Å². The summed E-state index contributed by atoms with van der Waals surface area (Å²) in [5.74, 6) is -2.07. The Morgan fingerprint density at radius 1 is 0.982 bits per heavy atom. The number of hydrogen-bond donors (Lipinski definition) is 3. The third-order valence-corrected chi connectivity index (χ3v) is 12.5. The summed E-state index contributed by atoms with van der Waals surface area (Å²) in [7, 11) is 1.94. The largest absolute Gasteiger partial charge is 0.477 e. The van der Waals surface area contributed by atoms with Crippen molar-refractivity contribution in [1.82, 2.24) is 19.6 Å². The minimum atomic E-state index is -1.21. The van der Waals surface area contributed by atoms with Crippen LogP contribution in [0.3, 0.4) is 0 Å². The third-order valence-electron chi connectivity index (χ3n) is 9.53. The lowest BCUT2D eigenvalue weighted by molar-refractivity contribution is -0.669. The zero-order valence-corrected chi connectivity index (χ0v) is 32.7. The van der Waals surface area contributed by atoms with Crippen LogP contribution in [0.15, 0.2) is 137 Å². The lowest BCUT2D eigenvalue weighted by Gasteiger charge is -2.49. The third kappa shape index (κ3) is 6.78. The van der Waals surface area contributed by atoms with Crippen molar-refractivity contribution in [2.75, 3.05) is 17.7 Å². The second-order valence-corrected chi connectivity index (χ2v) is 15.9. The van der Waals surface area contributed by atoms with E-state index in [1.165, 1.54) is 28.0 Å². The molecule has 0 spiro atoms. The number of β-lactam (4-membered cyclic amide) rings is 1. The van der Waals surface area contributed by atoms with Gasteiger partial charge in [0.25, 0.3) is 11.8 Å². The Hall–Kier alpha value is -6.03. The number of allylic oxidation sites excluding steroid dienone is 1. The van der Waals surface area contributed by atoms with Crippen LogP contribution in [-0.2, 0) is 31.8 Å². The summed E-state index contributed by atoms with van der Waals surface area (Å²) in [4.78, 5) is 52.6. The average Bonchev–Trinajstić information content (AvgIpc) is 3.95. The standard InChI is InChI=1S/C41H35N7O5S3/c1-3-53-45-33(31-24-56-40(42-31)44-41(27-13-7-4-8-14-27,28-15-9-5-10-16-28)29-17-11-6-12-18-29)36(49)43-34-37(50)48-35(39(51)52)26(22-55-38(34)48)19-20-30-23-54-32-21-46(2)25-47(30)32/h4-21,23-25,34,38H,3,22H2,1-2H3,(H2-,42,43,44,49,51,52)/p+1/b20-19?,45-33-/t34-,38-/m1/s1. The highest BCUT2D eigenvalue weighted by Crippen LogP contribution is 2.42. The number of aryl methyl sites for hydroxylation is 1. The molecule has 0 radical (unpaired) electrons. The van der Waals surface area contributed by atoms with Gasteiger partial charge in [-0.1, -0.05) is 114 Å². The number of carbonyl (C=O) groups is 3.